The molecule has 1 aliphatic rings. The normalized spacial score (nSPS) is 25.4. The molecule has 0 spiro atoms. The lowest BCUT2D eigenvalue weighted by Crippen LogP contribution is -2.49. The Morgan fingerprint density at radius 3 is 2.83 bits per heavy atom. The van der Waals surface area contributed by atoms with Gasteiger partial charge in [0.15, 0.2) is 0 Å². The Kier molecular flexibility index (Phi) is 6.12. The van der Waals surface area contributed by atoms with Crippen molar-refractivity contribution in [1.82, 2.24) is 10.6 Å². The predicted molar refractivity (Wildman–Crippen MR) is 69.2 cm³/mol. The van der Waals surface area contributed by atoms with Crippen molar-refractivity contribution < 1.29 is 14.7 Å². The second kappa shape index (κ2) is 7.36. The monoisotopic (exact) mass is 256 g/mol. The molecule has 0 bridgehead atoms. The number of carboxylic acids is 1. The van der Waals surface area contributed by atoms with Gasteiger partial charge in [-0.3, -0.25) is 9.59 Å². The van der Waals surface area contributed by atoms with Crippen molar-refractivity contribution in [1.29, 1.82) is 0 Å². The van der Waals surface area contributed by atoms with Crippen LogP contribution in [0.15, 0.2) is 0 Å². The van der Waals surface area contributed by atoms with E-state index in [1.807, 2.05) is 0 Å². The zero-order valence-electron chi connectivity index (χ0n) is 11.2. The number of hydrogen-bond acceptors (Lipinski definition) is 3. The topological polar surface area (TPSA) is 78.4 Å². The largest absolute Gasteiger partial charge is 0.481 e. The van der Waals surface area contributed by atoms with Gasteiger partial charge in [-0.25, -0.2) is 0 Å². The molecule has 1 aliphatic heterocycles. The third kappa shape index (κ3) is 4.64. The molecular formula is C13H24N2O3. The van der Waals surface area contributed by atoms with Crippen molar-refractivity contribution in [3.63, 3.8) is 0 Å². The molecule has 3 atom stereocenters. The molecule has 104 valence electrons. The highest BCUT2D eigenvalue weighted by Crippen LogP contribution is 2.19. The van der Waals surface area contributed by atoms with Crippen molar-refractivity contribution in [3.05, 3.63) is 0 Å². The van der Waals surface area contributed by atoms with Crippen LogP contribution in [0.3, 0.4) is 0 Å². The first-order chi connectivity index (χ1) is 8.54. The summed E-state index contributed by atoms with van der Waals surface area (Å²) in [5, 5.41) is 14.8. The number of carbonyl (C=O) groups is 2. The van der Waals surface area contributed by atoms with Crippen LogP contribution in [0.4, 0.5) is 0 Å². The van der Waals surface area contributed by atoms with Crippen LogP contribution < -0.4 is 10.6 Å². The summed E-state index contributed by atoms with van der Waals surface area (Å²) in [7, 11) is 0. The highest BCUT2D eigenvalue weighted by Gasteiger charge is 2.25. The fourth-order valence-electron chi connectivity index (χ4n) is 2.23. The van der Waals surface area contributed by atoms with Crippen LogP contribution in [0.1, 0.15) is 39.5 Å². The molecule has 0 aromatic rings. The van der Waals surface area contributed by atoms with Gasteiger partial charge in [-0.15, -0.1) is 0 Å². The number of nitrogens with one attached hydrogen (secondary N) is 2. The van der Waals surface area contributed by atoms with Crippen LogP contribution >= 0.6 is 0 Å². The number of rotatable bonds is 6. The van der Waals surface area contributed by atoms with Crippen LogP contribution in [0.5, 0.6) is 0 Å². The molecule has 0 radical (unpaired) electrons. The smallest absolute Gasteiger partial charge is 0.306 e. The molecule has 3 unspecified atom stereocenters. The molecule has 3 N–H and O–H groups in total. The molecule has 1 fully saturated rings. The number of carbonyl (C=O) groups excluding carboxylic acids is 1. The molecule has 5 heteroatoms. The van der Waals surface area contributed by atoms with Gasteiger partial charge >= 0.3 is 5.97 Å². The molecule has 1 rings (SSSR count). The Morgan fingerprint density at radius 2 is 2.22 bits per heavy atom. The summed E-state index contributed by atoms with van der Waals surface area (Å²) in [6, 6.07) is -0.108. The van der Waals surface area contributed by atoms with Crippen molar-refractivity contribution in [2.45, 2.75) is 45.6 Å². The number of hydrogen-bond donors (Lipinski definition) is 3. The van der Waals surface area contributed by atoms with Gasteiger partial charge in [0.25, 0.3) is 0 Å². The number of aliphatic carboxylic acids is 1. The first-order valence-corrected chi connectivity index (χ1v) is 6.78. The van der Waals surface area contributed by atoms with Crippen molar-refractivity contribution in [2.24, 2.45) is 11.8 Å². The van der Waals surface area contributed by atoms with E-state index in [4.69, 9.17) is 5.11 Å². The summed E-state index contributed by atoms with van der Waals surface area (Å²) in [5.41, 5.74) is 0. The Balaban J connectivity index is 2.26. The Hall–Kier alpha value is -1.10. The van der Waals surface area contributed by atoms with Gasteiger partial charge in [-0.1, -0.05) is 20.3 Å². The molecule has 0 aromatic heterocycles. The summed E-state index contributed by atoms with van der Waals surface area (Å²) < 4.78 is 0. The molecule has 0 aromatic carbocycles. The summed E-state index contributed by atoms with van der Waals surface area (Å²) in [6.45, 7) is 5.13. The van der Waals surface area contributed by atoms with Gasteiger partial charge in [0, 0.05) is 6.54 Å². The van der Waals surface area contributed by atoms with Crippen molar-refractivity contribution >= 4 is 11.9 Å². The highest BCUT2D eigenvalue weighted by atomic mass is 16.4. The zero-order chi connectivity index (χ0) is 13.5. The second-order valence-corrected chi connectivity index (χ2v) is 5.12. The fraction of sp³-hybridized carbons (Fsp3) is 0.846. The zero-order valence-corrected chi connectivity index (χ0v) is 11.2. The maximum absolute atomic E-state index is 11.9. The predicted octanol–water partition coefficient (Wildman–Crippen LogP) is 0.992. The standard InChI is InChI=1S/C13H24N2O3/c1-3-10-5-7-14-11(8-10)12(16)15-6-4-9(2)13(17)18/h9-11,14H,3-8H2,1-2H3,(H,15,16)(H,17,18). The fourth-order valence-corrected chi connectivity index (χ4v) is 2.23. The van der Waals surface area contributed by atoms with E-state index < -0.39 is 11.9 Å². The van der Waals surface area contributed by atoms with Gasteiger partial charge < -0.3 is 15.7 Å². The lowest BCUT2D eigenvalue weighted by atomic mass is 9.90. The molecule has 5 nitrogen and oxygen atoms in total. The number of piperidine rings is 1. The minimum absolute atomic E-state index is 0.00531. The van der Waals surface area contributed by atoms with Crippen LogP contribution in [-0.4, -0.2) is 36.1 Å². The maximum Gasteiger partial charge on any atom is 0.306 e. The first-order valence-electron chi connectivity index (χ1n) is 6.78. The van der Waals surface area contributed by atoms with E-state index in [-0.39, 0.29) is 11.9 Å². The summed E-state index contributed by atoms with van der Waals surface area (Å²) in [4.78, 5) is 22.5. The lowest BCUT2D eigenvalue weighted by molar-refractivity contribution is -0.141. The van der Waals surface area contributed by atoms with E-state index >= 15 is 0 Å². The van der Waals surface area contributed by atoms with Gasteiger partial charge in [0.05, 0.1) is 12.0 Å². The molecule has 0 saturated carbocycles. The average molecular weight is 256 g/mol. The Bertz CT molecular complexity index is 294. The quantitative estimate of drug-likeness (QED) is 0.662. The number of amides is 1. The van der Waals surface area contributed by atoms with Crippen LogP contribution in [0.2, 0.25) is 0 Å². The van der Waals surface area contributed by atoms with E-state index in [2.05, 4.69) is 17.6 Å². The second-order valence-electron chi connectivity index (χ2n) is 5.12. The maximum atomic E-state index is 11.9. The van der Waals surface area contributed by atoms with Gasteiger partial charge in [0.1, 0.15) is 0 Å². The van der Waals surface area contributed by atoms with Gasteiger partial charge in [-0.05, 0) is 31.7 Å². The van der Waals surface area contributed by atoms with Gasteiger partial charge in [0.2, 0.25) is 5.91 Å². The molecule has 1 amide bonds. The lowest BCUT2D eigenvalue weighted by Gasteiger charge is -2.28. The third-order valence-electron chi connectivity index (χ3n) is 3.70. The third-order valence-corrected chi connectivity index (χ3v) is 3.70. The first kappa shape index (κ1) is 15.0. The minimum Gasteiger partial charge on any atom is -0.481 e. The van der Waals surface area contributed by atoms with E-state index in [0.29, 0.717) is 18.9 Å². The molecule has 1 saturated heterocycles. The molecular weight excluding hydrogens is 232 g/mol. The van der Waals surface area contributed by atoms with E-state index in [9.17, 15) is 9.59 Å². The Morgan fingerprint density at radius 1 is 1.50 bits per heavy atom. The summed E-state index contributed by atoms with van der Waals surface area (Å²) >= 11 is 0. The van der Waals surface area contributed by atoms with Crippen LogP contribution in [0.25, 0.3) is 0 Å². The minimum atomic E-state index is -0.814. The van der Waals surface area contributed by atoms with E-state index in [1.54, 1.807) is 6.92 Å². The van der Waals surface area contributed by atoms with E-state index in [0.717, 1.165) is 25.8 Å². The molecule has 1 heterocycles. The SMILES string of the molecule is CCC1CCNC(C(=O)NCCC(C)C(=O)O)C1. The van der Waals surface area contributed by atoms with Crippen LogP contribution in [0, 0.1) is 11.8 Å². The van der Waals surface area contributed by atoms with E-state index in [1.165, 1.54) is 0 Å². The van der Waals surface area contributed by atoms with Crippen molar-refractivity contribution in [2.75, 3.05) is 13.1 Å². The highest BCUT2D eigenvalue weighted by molar-refractivity contribution is 5.81. The summed E-state index contributed by atoms with van der Waals surface area (Å²) in [5.74, 6) is -0.593. The van der Waals surface area contributed by atoms with Crippen molar-refractivity contribution in [3.8, 4) is 0 Å². The van der Waals surface area contributed by atoms with Gasteiger partial charge in [-0.2, -0.15) is 0 Å². The Labute approximate surface area is 108 Å². The van der Waals surface area contributed by atoms with Crippen LogP contribution in [-0.2, 0) is 9.59 Å². The molecule has 0 aliphatic carbocycles. The number of carboxylic acid groups (broad SMARTS) is 1. The molecule has 18 heavy (non-hydrogen) atoms. The summed E-state index contributed by atoms with van der Waals surface area (Å²) in [6.07, 6.45) is 3.61. The average Bonchev–Trinajstić information content (AvgIpc) is 2.38.